The predicted molar refractivity (Wildman–Crippen MR) is 143 cm³/mol. The monoisotopic (exact) mass is 563 g/mol. The molecule has 178 valence electrons. The maximum atomic E-state index is 12.0. The van der Waals surface area contributed by atoms with E-state index in [2.05, 4.69) is 57.8 Å². The lowest BCUT2D eigenvalue weighted by molar-refractivity contribution is -0.117. The topological polar surface area (TPSA) is 99.8 Å². The molecule has 0 spiro atoms. The van der Waals surface area contributed by atoms with Crippen LogP contribution >= 0.6 is 24.0 Å². The molecule has 2 aromatic rings. The summed E-state index contributed by atoms with van der Waals surface area (Å²) in [5.74, 6) is 1.19. The first-order chi connectivity index (χ1) is 15.5. The Hall–Kier alpha value is -2.62. The van der Waals surface area contributed by atoms with Gasteiger partial charge in [0.05, 0.1) is 6.54 Å². The molecule has 0 radical (unpaired) electrons. The number of carbonyl (C=O) groups excluding carboxylic acids is 2. The normalized spacial score (nSPS) is 18.2. The SMILES string of the molecule is CCC1CN(C(=NC)NCc2ccc(C(=O)NCC(N)=O)cc2)CCC1c1ccccc1.I. The molecule has 3 rings (SSSR count). The Morgan fingerprint density at radius 1 is 1.09 bits per heavy atom. The van der Waals surface area contributed by atoms with Crippen molar-refractivity contribution in [2.24, 2.45) is 16.6 Å². The molecule has 0 saturated carbocycles. The Kier molecular flexibility index (Phi) is 10.6. The van der Waals surface area contributed by atoms with E-state index < -0.39 is 5.91 Å². The number of aliphatic imine (C=N–C) groups is 1. The summed E-state index contributed by atoms with van der Waals surface area (Å²) < 4.78 is 0. The molecule has 1 aliphatic rings. The first-order valence-corrected chi connectivity index (χ1v) is 11.2. The molecule has 4 N–H and O–H groups in total. The number of nitrogens with zero attached hydrogens (tertiary/aromatic N) is 2. The first kappa shape index (κ1) is 26.6. The van der Waals surface area contributed by atoms with E-state index in [-0.39, 0.29) is 36.4 Å². The van der Waals surface area contributed by atoms with Crippen LogP contribution in [0.2, 0.25) is 0 Å². The second-order valence-electron chi connectivity index (χ2n) is 8.17. The van der Waals surface area contributed by atoms with Crippen LogP contribution in [-0.4, -0.2) is 49.4 Å². The minimum Gasteiger partial charge on any atom is -0.368 e. The molecule has 0 aromatic heterocycles. The van der Waals surface area contributed by atoms with Crippen molar-refractivity contribution in [1.82, 2.24) is 15.5 Å². The molecule has 1 saturated heterocycles. The van der Waals surface area contributed by atoms with Gasteiger partial charge in [-0.2, -0.15) is 0 Å². The van der Waals surface area contributed by atoms with Gasteiger partial charge in [-0.15, -0.1) is 24.0 Å². The number of halogens is 1. The zero-order valence-corrected chi connectivity index (χ0v) is 21.6. The van der Waals surface area contributed by atoms with Gasteiger partial charge in [0.2, 0.25) is 5.91 Å². The van der Waals surface area contributed by atoms with Gasteiger partial charge in [0.15, 0.2) is 5.96 Å². The minimum atomic E-state index is -0.566. The fraction of sp³-hybridized carbons (Fsp3) is 0.400. The molecule has 7 nitrogen and oxygen atoms in total. The van der Waals surface area contributed by atoms with E-state index in [1.807, 2.05) is 19.2 Å². The number of carbonyl (C=O) groups is 2. The van der Waals surface area contributed by atoms with E-state index in [4.69, 9.17) is 5.73 Å². The van der Waals surface area contributed by atoms with Gasteiger partial charge < -0.3 is 21.3 Å². The molecular weight excluding hydrogens is 529 g/mol. The molecule has 1 heterocycles. The van der Waals surface area contributed by atoms with Crippen molar-refractivity contribution < 1.29 is 9.59 Å². The van der Waals surface area contributed by atoms with E-state index in [9.17, 15) is 9.59 Å². The summed E-state index contributed by atoms with van der Waals surface area (Å²) in [6.45, 7) is 4.66. The van der Waals surface area contributed by atoms with Crippen LogP contribution in [0, 0.1) is 5.92 Å². The van der Waals surface area contributed by atoms with E-state index in [1.165, 1.54) is 5.56 Å². The van der Waals surface area contributed by atoms with E-state index in [0.29, 0.717) is 23.9 Å². The molecule has 2 aromatic carbocycles. The largest absolute Gasteiger partial charge is 0.368 e. The molecule has 1 aliphatic heterocycles. The van der Waals surface area contributed by atoms with E-state index in [1.54, 1.807) is 12.1 Å². The molecular formula is C25H34IN5O2. The Labute approximate surface area is 213 Å². The van der Waals surface area contributed by atoms with E-state index >= 15 is 0 Å². The van der Waals surface area contributed by atoms with Crippen LogP contribution in [0.4, 0.5) is 0 Å². The van der Waals surface area contributed by atoms with Crippen LogP contribution in [0.1, 0.15) is 47.2 Å². The Bertz CT molecular complexity index is 934. The van der Waals surface area contributed by atoms with Gasteiger partial charge in [0.25, 0.3) is 5.91 Å². The van der Waals surface area contributed by atoms with Crippen LogP contribution in [0.3, 0.4) is 0 Å². The van der Waals surface area contributed by atoms with Crippen LogP contribution in [0.5, 0.6) is 0 Å². The van der Waals surface area contributed by atoms with Gasteiger partial charge in [-0.1, -0.05) is 55.8 Å². The van der Waals surface area contributed by atoms with Gasteiger partial charge in [0.1, 0.15) is 0 Å². The molecule has 0 aliphatic carbocycles. The number of amides is 2. The molecule has 2 atom stereocenters. The van der Waals surface area contributed by atoms with Crippen molar-refractivity contribution in [1.29, 1.82) is 0 Å². The summed E-state index contributed by atoms with van der Waals surface area (Å²) >= 11 is 0. The van der Waals surface area contributed by atoms with Gasteiger partial charge in [-0.3, -0.25) is 14.6 Å². The van der Waals surface area contributed by atoms with Crippen molar-refractivity contribution in [3.63, 3.8) is 0 Å². The van der Waals surface area contributed by atoms with Crippen LogP contribution < -0.4 is 16.4 Å². The third-order valence-electron chi connectivity index (χ3n) is 6.09. The summed E-state index contributed by atoms with van der Waals surface area (Å²) in [5.41, 5.74) is 8.03. The average Bonchev–Trinajstić information content (AvgIpc) is 2.83. The number of primary amides is 1. The maximum Gasteiger partial charge on any atom is 0.251 e. The highest BCUT2D eigenvalue weighted by molar-refractivity contribution is 14.0. The van der Waals surface area contributed by atoms with E-state index in [0.717, 1.165) is 37.5 Å². The summed E-state index contributed by atoms with van der Waals surface area (Å²) in [7, 11) is 1.82. The lowest BCUT2D eigenvalue weighted by Gasteiger charge is -2.40. The summed E-state index contributed by atoms with van der Waals surface area (Å²) in [4.78, 5) is 29.7. The first-order valence-electron chi connectivity index (χ1n) is 11.2. The lowest BCUT2D eigenvalue weighted by atomic mass is 9.79. The number of nitrogens with two attached hydrogens (primary N) is 1. The Morgan fingerprint density at radius 2 is 1.79 bits per heavy atom. The van der Waals surface area contributed by atoms with Crippen molar-refractivity contribution in [3.05, 3.63) is 71.3 Å². The zero-order chi connectivity index (χ0) is 22.9. The zero-order valence-electron chi connectivity index (χ0n) is 19.3. The highest BCUT2D eigenvalue weighted by atomic mass is 127. The Balaban J connectivity index is 0.00000385. The molecule has 2 amide bonds. The van der Waals surface area contributed by atoms with Gasteiger partial charge in [0, 0.05) is 32.2 Å². The maximum absolute atomic E-state index is 12.0. The third-order valence-corrected chi connectivity index (χ3v) is 6.09. The Morgan fingerprint density at radius 3 is 2.39 bits per heavy atom. The van der Waals surface area contributed by atoms with Crippen LogP contribution in [0.25, 0.3) is 0 Å². The summed E-state index contributed by atoms with van der Waals surface area (Å²) in [5, 5.41) is 5.95. The van der Waals surface area contributed by atoms with Crippen molar-refractivity contribution in [2.45, 2.75) is 32.2 Å². The summed E-state index contributed by atoms with van der Waals surface area (Å²) in [6, 6.07) is 18.1. The molecule has 33 heavy (non-hydrogen) atoms. The highest BCUT2D eigenvalue weighted by Crippen LogP contribution is 2.34. The standard InChI is InChI=1S/C25H33N5O2.HI/c1-3-19-17-30(14-13-22(19)20-7-5-4-6-8-20)25(27-2)29-15-18-9-11-21(12-10-18)24(32)28-16-23(26)31;/h4-12,19,22H,3,13-17H2,1-2H3,(H2,26,31)(H,27,29)(H,28,32);1H. The minimum absolute atomic E-state index is 0. The van der Waals surface area contributed by atoms with Crippen LogP contribution in [0.15, 0.2) is 59.6 Å². The second kappa shape index (κ2) is 13.2. The molecule has 1 fully saturated rings. The number of rotatable bonds is 7. The fourth-order valence-corrected chi connectivity index (χ4v) is 4.33. The van der Waals surface area contributed by atoms with Crippen LogP contribution in [-0.2, 0) is 11.3 Å². The van der Waals surface area contributed by atoms with Gasteiger partial charge in [-0.25, -0.2) is 0 Å². The summed E-state index contributed by atoms with van der Waals surface area (Å²) in [6.07, 6.45) is 2.24. The van der Waals surface area contributed by atoms with Crippen molar-refractivity contribution in [2.75, 3.05) is 26.7 Å². The third kappa shape index (κ3) is 7.45. The smallest absolute Gasteiger partial charge is 0.251 e. The molecule has 0 bridgehead atoms. The fourth-order valence-electron chi connectivity index (χ4n) is 4.33. The number of piperidine rings is 1. The quantitative estimate of drug-likeness (QED) is 0.274. The average molecular weight is 563 g/mol. The molecule has 2 unspecified atom stereocenters. The number of hydrogen-bond donors (Lipinski definition) is 3. The highest BCUT2D eigenvalue weighted by Gasteiger charge is 2.30. The number of benzene rings is 2. The van der Waals surface area contributed by atoms with Gasteiger partial charge >= 0.3 is 0 Å². The molecule has 8 heteroatoms. The van der Waals surface area contributed by atoms with Crippen molar-refractivity contribution >= 4 is 41.8 Å². The number of likely N-dealkylation sites (tertiary alicyclic amines) is 1. The number of hydrogen-bond acceptors (Lipinski definition) is 3. The number of guanidine groups is 1. The lowest BCUT2D eigenvalue weighted by Crippen LogP contribution is -2.48. The second-order valence-corrected chi connectivity index (χ2v) is 8.17. The number of nitrogens with one attached hydrogen (secondary N) is 2. The predicted octanol–water partition coefficient (Wildman–Crippen LogP) is 3.11. The van der Waals surface area contributed by atoms with Crippen molar-refractivity contribution in [3.8, 4) is 0 Å². The van der Waals surface area contributed by atoms with Gasteiger partial charge in [-0.05, 0) is 41.5 Å².